The molecule has 1 aliphatic carbocycles. The SMILES string of the molecule is Cc1nn(C2CCCCC2)c(C)c1C(C)CN. The normalized spacial score (nSPS) is 19.5. The Morgan fingerprint density at radius 3 is 2.53 bits per heavy atom. The Hall–Kier alpha value is -0.830. The van der Waals surface area contributed by atoms with Gasteiger partial charge in [-0.1, -0.05) is 26.2 Å². The van der Waals surface area contributed by atoms with Crippen LogP contribution in [0, 0.1) is 13.8 Å². The fraction of sp³-hybridized carbons (Fsp3) is 0.786. The first-order valence-electron chi connectivity index (χ1n) is 6.90. The fourth-order valence-electron chi connectivity index (χ4n) is 3.19. The Labute approximate surface area is 104 Å². The van der Waals surface area contributed by atoms with Gasteiger partial charge in [-0.2, -0.15) is 5.10 Å². The van der Waals surface area contributed by atoms with E-state index < -0.39 is 0 Å². The smallest absolute Gasteiger partial charge is 0.0631 e. The van der Waals surface area contributed by atoms with Crippen LogP contribution in [0.1, 0.15) is 67.9 Å². The summed E-state index contributed by atoms with van der Waals surface area (Å²) >= 11 is 0. The minimum Gasteiger partial charge on any atom is -0.330 e. The van der Waals surface area contributed by atoms with Crippen molar-refractivity contribution in [2.24, 2.45) is 5.73 Å². The van der Waals surface area contributed by atoms with Gasteiger partial charge in [0, 0.05) is 5.69 Å². The van der Waals surface area contributed by atoms with E-state index in [0.717, 1.165) is 0 Å². The highest BCUT2D eigenvalue weighted by Gasteiger charge is 2.22. The lowest BCUT2D eigenvalue weighted by Gasteiger charge is -2.23. The Morgan fingerprint density at radius 1 is 1.29 bits per heavy atom. The molecule has 1 heterocycles. The third-order valence-corrected chi connectivity index (χ3v) is 4.15. The maximum atomic E-state index is 5.79. The molecule has 0 bridgehead atoms. The molecular weight excluding hydrogens is 210 g/mol. The van der Waals surface area contributed by atoms with E-state index in [4.69, 9.17) is 10.8 Å². The molecule has 3 nitrogen and oxygen atoms in total. The van der Waals surface area contributed by atoms with Crippen molar-refractivity contribution in [3.8, 4) is 0 Å². The van der Waals surface area contributed by atoms with Crippen molar-refractivity contribution in [3.63, 3.8) is 0 Å². The van der Waals surface area contributed by atoms with Gasteiger partial charge in [0.05, 0.1) is 11.7 Å². The maximum Gasteiger partial charge on any atom is 0.0631 e. The molecule has 96 valence electrons. The molecule has 0 radical (unpaired) electrons. The standard InChI is InChI=1S/C14H25N3/c1-10(9-15)14-11(2)16-17(12(14)3)13-7-5-4-6-8-13/h10,13H,4-9,15H2,1-3H3. The van der Waals surface area contributed by atoms with Crippen molar-refractivity contribution < 1.29 is 0 Å². The average Bonchev–Trinajstić information content (AvgIpc) is 2.65. The summed E-state index contributed by atoms with van der Waals surface area (Å²) in [4.78, 5) is 0. The van der Waals surface area contributed by atoms with Crippen molar-refractivity contribution in [3.05, 3.63) is 17.0 Å². The number of nitrogens with zero attached hydrogens (tertiary/aromatic N) is 2. The Morgan fingerprint density at radius 2 is 1.94 bits per heavy atom. The van der Waals surface area contributed by atoms with Gasteiger partial charge in [-0.15, -0.1) is 0 Å². The first-order chi connectivity index (χ1) is 8.15. The number of hydrogen-bond donors (Lipinski definition) is 1. The largest absolute Gasteiger partial charge is 0.330 e. The number of hydrogen-bond acceptors (Lipinski definition) is 2. The summed E-state index contributed by atoms with van der Waals surface area (Å²) in [7, 11) is 0. The quantitative estimate of drug-likeness (QED) is 0.875. The molecule has 17 heavy (non-hydrogen) atoms. The first-order valence-corrected chi connectivity index (χ1v) is 6.90. The molecule has 0 spiro atoms. The lowest BCUT2D eigenvalue weighted by molar-refractivity contribution is 0.323. The summed E-state index contributed by atoms with van der Waals surface area (Å²) in [6.45, 7) is 7.23. The van der Waals surface area contributed by atoms with Crippen molar-refractivity contribution in [1.82, 2.24) is 9.78 Å². The molecule has 2 N–H and O–H groups in total. The highest BCUT2D eigenvalue weighted by molar-refractivity contribution is 5.29. The summed E-state index contributed by atoms with van der Waals surface area (Å²) in [5.74, 6) is 0.423. The molecule has 1 aromatic rings. The highest BCUT2D eigenvalue weighted by atomic mass is 15.3. The molecule has 1 aromatic heterocycles. The van der Waals surface area contributed by atoms with Crippen LogP contribution in [0.4, 0.5) is 0 Å². The summed E-state index contributed by atoms with van der Waals surface area (Å²) in [6, 6.07) is 0.626. The lowest BCUT2D eigenvalue weighted by atomic mass is 9.95. The summed E-state index contributed by atoms with van der Waals surface area (Å²) in [5.41, 5.74) is 9.68. The molecule has 1 aliphatic rings. The second-order valence-electron chi connectivity index (χ2n) is 5.46. The van der Waals surface area contributed by atoms with Crippen LogP contribution in [0.25, 0.3) is 0 Å². The molecule has 3 heteroatoms. The van der Waals surface area contributed by atoms with Gasteiger partial charge in [0.1, 0.15) is 0 Å². The molecular formula is C14H25N3. The van der Waals surface area contributed by atoms with E-state index in [1.807, 2.05) is 0 Å². The van der Waals surface area contributed by atoms with Crippen LogP contribution < -0.4 is 5.73 Å². The van der Waals surface area contributed by atoms with Gasteiger partial charge < -0.3 is 5.73 Å². The topological polar surface area (TPSA) is 43.8 Å². The van der Waals surface area contributed by atoms with Crippen LogP contribution in [-0.4, -0.2) is 16.3 Å². The van der Waals surface area contributed by atoms with Crippen LogP contribution in [0.5, 0.6) is 0 Å². The minimum absolute atomic E-state index is 0.423. The van der Waals surface area contributed by atoms with E-state index in [0.29, 0.717) is 18.5 Å². The van der Waals surface area contributed by atoms with E-state index in [-0.39, 0.29) is 0 Å². The van der Waals surface area contributed by atoms with Crippen LogP contribution >= 0.6 is 0 Å². The predicted molar refractivity (Wildman–Crippen MR) is 71.3 cm³/mol. The molecule has 0 amide bonds. The predicted octanol–water partition coefficient (Wildman–Crippen LogP) is 3.07. The molecule has 1 unspecified atom stereocenters. The summed E-state index contributed by atoms with van der Waals surface area (Å²) < 4.78 is 2.27. The first kappa shape index (κ1) is 12.6. The zero-order valence-electron chi connectivity index (χ0n) is 11.4. The molecule has 2 rings (SSSR count). The van der Waals surface area contributed by atoms with Crippen LogP contribution in [0.15, 0.2) is 0 Å². The third-order valence-electron chi connectivity index (χ3n) is 4.15. The lowest BCUT2D eigenvalue weighted by Crippen LogP contribution is -2.16. The molecule has 1 fully saturated rings. The second kappa shape index (κ2) is 5.21. The summed E-state index contributed by atoms with van der Waals surface area (Å²) in [5, 5.41) is 4.76. The van der Waals surface area contributed by atoms with Gasteiger partial charge >= 0.3 is 0 Å². The minimum atomic E-state index is 0.423. The zero-order valence-corrected chi connectivity index (χ0v) is 11.4. The van der Waals surface area contributed by atoms with Gasteiger partial charge in [-0.25, -0.2) is 0 Å². The Bertz CT molecular complexity index is 375. The number of aromatic nitrogens is 2. The van der Waals surface area contributed by atoms with Gasteiger partial charge in [0.15, 0.2) is 0 Å². The average molecular weight is 235 g/mol. The summed E-state index contributed by atoms with van der Waals surface area (Å²) in [6.07, 6.45) is 6.67. The van der Waals surface area contributed by atoms with Crippen molar-refractivity contribution in [2.45, 2.75) is 64.8 Å². The number of aryl methyl sites for hydroxylation is 1. The second-order valence-corrected chi connectivity index (χ2v) is 5.46. The highest BCUT2D eigenvalue weighted by Crippen LogP contribution is 2.32. The number of rotatable bonds is 3. The molecule has 0 saturated heterocycles. The monoisotopic (exact) mass is 235 g/mol. The molecule has 1 saturated carbocycles. The van der Waals surface area contributed by atoms with Crippen molar-refractivity contribution >= 4 is 0 Å². The van der Waals surface area contributed by atoms with Crippen molar-refractivity contribution in [1.29, 1.82) is 0 Å². The number of nitrogens with two attached hydrogens (primary N) is 1. The van der Waals surface area contributed by atoms with Gasteiger partial charge in [0.25, 0.3) is 0 Å². The van der Waals surface area contributed by atoms with Gasteiger partial charge in [0.2, 0.25) is 0 Å². The maximum absolute atomic E-state index is 5.79. The van der Waals surface area contributed by atoms with E-state index in [1.165, 1.54) is 49.1 Å². The van der Waals surface area contributed by atoms with Crippen LogP contribution in [-0.2, 0) is 0 Å². The van der Waals surface area contributed by atoms with Crippen LogP contribution in [0.3, 0.4) is 0 Å². The Kier molecular flexibility index (Phi) is 3.87. The van der Waals surface area contributed by atoms with Gasteiger partial charge in [-0.3, -0.25) is 4.68 Å². The molecule has 1 atom stereocenters. The molecule has 0 aliphatic heterocycles. The van der Waals surface area contributed by atoms with E-state index in [9.17, 15) is 0 Å². The third kappa shape index (κ3) is 2.39. The van der Waals surface area contributed by atoms with Gasteiger partial charge in [-0.05, 0) is 44.7 Å². The fourth-order valence-corrected chi connectivity index (χ4v) is 3.19. The van der Waals surface area contributed by atoms with Crippen LogP contribution in [0.2, 0.25) is 0 Å². The van der Waals surface area contributed by atoms with E-state index in [1.54, 1.807) is 0 Å². The van der Waals surface area contributed by atoms with E-state index >= 15 is 0 Å². The van der Waals surface area contributed by atoms with Crippen molar-refractivity contribution in [2.75, 3.05) is 6.54 Å². The Balaban J connectivity index is 2.29. The molecule has 0 aromatic carbocycles. The van der Waals surface area contributed by atoms with E-state index in [2.05, 4.69) is 25.5 Å². The zero-order chi connectivity index (χ0) is 12.4.